The van der Waals surface area contributed by atoms with Crippen LogP contribution >= 0.6 is 18.9 Å². The minimum atomic E-state index is -0.483. The van der Waals surface area contributed by atoms with Gasteiger partial charge in [-0.2, -0.15) is 0 Å². The Morgan fingerprint density at radius 3 is 2.92 bits per heavy atom. The highest BCUT2D eigenvalue weighted by Gasteiger charge is 2.27. The molecule has 0 saturated heterocycles. The number of fused-ring (bicyclic) bond motifs is 1. The average molecular weight is 213 g/mol. The zero-order valence-electron chi connectivity index (χ0n) is 7.73. The molecule has 1 unspecified atom stereocenters. The van der Waals surface area contributed by atoms with Crippen molar-refractivity contribution < 1.29 is 4.52 Å². The Labute approximate surface area is 83.9 Å². The van der Waals surface area contributed by atoms with Gasteiger partial charge in [-0.1, -0.05) is 12.1 Å². The van der Waals surface area contributed by atoms with Crippen LogP contribution in [0.3, 0.4) is 0 Å². The summed E-state index contributed by atoms with van der Waals surface area (Å²) >= 11 is 1.84. The van der Waals surface area contributed by atoms with E-state index in [1.54, 1.807) is 0 Å². The maximum absolute atomic E-state index is 5.65. The molecule has 4 heteroatoms. The first-order chi connectivity index (χ1) is 6.33. The maximum atomic E-state index is 5.65. The highest BCUT2D eigenvalue weighted by molar-refractivity contribution is 8.55. The summed E-state index contributed by atoms with van der Waals surface area (Å²) < 4.78 is 7.89. The van der Waals surface area contributed by atoms with Gasteiger partial charge < -0.3 is 9.19 Å². The van der Waals surface area contributed by atoms with Crippen molar-refractivity contribution in [3.8, 4) is 0 Å². The molecule has 1 heterocycles. The van der Waals surface area contributed by atoms with Gasteiger partial charge in [0, 0.05) is 11.9 Å². The molecule has 70 valence electrons. The van der Waals surface area contributed by atoms with E-state index >= 15 is 0 Å². The Morgan fingerprint density at radius 1 is 1.46 bits per heavy atom. The van der Waals surface area contributed by atoms with E-state index in [4.69, 9.17) is 4.52 Å². The van der Waals surface area contributed by atoms with E-state index in [9.17, 15) is 0 Å². The molecule has 2 nitrogen and oxygen atoms in total. The minimum Gasteiger partial charge on any atom is -0.331 e. The molecule has 1 aliphatic heterocycles. The van der Waals surface area contributed by atoms with E-state index in [-0.39, 0.29) is 0 Å². The van der Waals surface area contributed by atoms with Gasteiger partial charge in [-0.25, -0.2) is 0 Å². The summed E-state index contributed by atoms with van der Waals surface area (Å²) in [6.45, 7) is 2.83. The fourth-order valence-electron chi connectivity index (χ4n) is 1.26. The first-order valence-corrected chi connectivity index (χ1v) is 6.90. The number of para-hydroxylation sites is 1. The van der Waals surface area contributed by atoms with Crippen LogP contribution in [-0.2, 0) is 4.52 Å². The van der Waals surface area contributed by atoms with E-state index in [0.29, 0.717) is 0 Å². The number of hydrogen-bond donors (Lipinski definition) is 0. The quantitative estimate of drug-likeness (QED) is 0.698. The van der Waals surface area contributed by atoms with Crippen LogP contribution in [0.2, 0.25) is 0 Å². The standard InChI is InChI=1S/C9H12NOPS/c1-3-11-12-10(2)8-6-4-5-7-9(8)13-12/h4-7H,3H2,1-2H3. The first kappa shape index (κ1) is 9.32. The molecule has 0 aliphatic carbocycles. The number of anilines is 1. The number of nitrogens with zero attached hydrogens (tertiary/aromatic N) is 1. The van der Waals surface area contributed by atoms with Crippen molar-refractivity contribution in [3.63, 3.8) is 0 Å². The topological polar surface area (TPSA) is 12.5 Å². The van der Waals surface area contributed by atoms with Gasteiger partial charge in [0.2, 0.25) is 7.50 Å². The molecule has 2 rings (SSSR count). The van der Waals surface area contributed by atoms with Crippen molar-refractivity contribution in [2.24, 2.45) is 0 Å². The van der Waals surface area contributed by atoms with E-state index in [1.807, 2.05) is 18.3 Å². The summed E-state index contributed by atoms with van der Waals surface area (Å²) in [7, 11) is 1.61. The summed E-state index contributed by atoms with van der Waals surface area (Å²) in [5.41, 5.74) is 1.30. The molecule has 0 saturated carbocycles. The lowest BCUT2D eigenvalue weighted by molar-refractivity contribution is 0.386. The van der Waals surface area contributed by atoms with E-state index in [0.717, 1.165) is 6.61 Å². The molecular weight excluding hydrogens is 201 g/mol. The Morgan fingerprint density at radius 2 is 2.23 bits per heavy atom. The van der Waals surface area contributed by atoms with Gasteiger partial charge in [0.25, 0.3) is 0 Å². The molecule has 1 atom stereocenters. The second-order valence-corrected chi connectivity index (χ2v) is 6.18. The van der Waals surface area contributed by atoms with Gasteiger partial charge in [-0.05, 0) is 30.4 Å². The van der Waals surface area contributed by atoms with Crippen LogP contribution in [0.25, 0.3) is 0 Å². The summed E-state index contributed by atoms with van der Waals surface area (Å²) in [5, 5.41) is 0. The second kappa shape index (κ2) is 3.87. The number of hydrogen-bond acceptors (Lipinski definition) is 3. The highest BCUT2D eigenvalue weighted by Crippen LogP contribution is 2.66. The lowest BCUT2D eigenvalue weighted by atomic mass is 10.3. The predicted octanol–water partition coefficient (Wildman–Crippen LogP) is 3.49. The summed E-state index contributed by atoms with van der Waals surface area (Å²) in [6, 6.07) is 8.44. The normalized spacial score (nSPS) is 20.5. The maximum Gasteiger partial charge on any atom is 0.203 e. The van der Waals surface area contributed by atoms with E-state index < -0.39 is 7.50 Å². The Kier molecular flexibility index (Phi) is 2.77. The van der Waals surface area contributed by atoms with Gasteiger partial charge in [0.05, 0.1) is 12.3 Å². The molecule has 1 aliphatic rings. The summed E-state index contributed by atoms with van der Waals surface area (Å²) in [4.78, 5) is 1.34. The molecule has 1 aromatic rings. The third-order valence-electron chi connectivity index (χ3n) is 1.87. The fraction of sp³-hybridized carbons (Fsp3) is 0.333. The van der Waals surface area contributed by atoms with Crippen molar-refractivity contribution >= 4 is 24.6 Å². The van der Waals surface area contributed by atoms with Crippen LogP contribution in [0, 0.1) is 0 Å². The molecule has 0 aromatic heterocycles. The highest BCUT2D eigenvalue weighted by atomic mass is 32.7. The Bertz CT molecular complexity index is 307. The predicted molar refractivity (Wildman–Crippen MR) is 59.2 cm³/mol. The van der Waals surface area contributed by atoms with E-state index in [2.05, 4.69) is 36.0 Å². The summed E-state index contributed by atoms with van der Waals surface area (Å²) in [6.07, 6.45) is 0. The minimum absolute atomic E-state index is 0.483. The molecule has 13 heavy (non-hydrogen) atoms. The molecule has 0 amide bonds. The molecule has 0 N–H and O–H groups in total. The average Bonchev–Trinajstić information content (AvgIpc) is 2.46. The molecular formula is C9H12NOPS. The third kappa shape index (κ3) is 1.69. The van der Waals surface area contributed by atoms with Gasteiger partial charge in [0.1, 0.15) is 0 Å². The fourth-order valence-corrected chi connectivity index (χ4v) is 4.93. The lowest BCUT2D eigenvalue weighted by Crippen LogP contribution is -2.05. The smallest absolute Gasteiger partial charge is 0.203 e. The zero-order valence-corrected chi connectivity index (χ0v) is 9.44. The molecule has 0 fully saturated rings. The van der Waals surface area contributed by atoms with E-state index in [1.165, 1.54) is 10.6 Å². The Hall–Kier alpha value is -0.240. The lowest BCUT2D eigenvalue weighted by Gasteiger charge is -2.19. The van der Waals surface area contributed by atoms with Crippen LogP contribution in [0.5, 0.6) is 0 Å². The van der Waals surface area contributed by atoms with Crippen molar-refractivity contribution in [3.05, 3.63) is 24.3 Å². The van der Waals surface area contributed by atoms with Crippen LogP contribution in [0.1, 0.15) is 6.92 Å². The van der Waals surface area contributed by atoms with Crippen LogP contribution in [-0.4, -0.2) is 13.7 Å². The first-order valence-electron chi connectivity index (χ1n) is 4.26. The largest absolute Gasteiger partial charge is 0.331 e. The molecule has 0 radical (unpaired) electrons. The van der Waals surface area contributed by atoms with Gasteiger partial charge in [-0.3, -0.25) is 0 Å². The number of benzene rings is 1. The van der Waals surface area contributed by atoms with Crippen LogP contribution in [0.15, 0.2) is 29.2 Å². The Balaban J connectivity index is 2.22. The van der Waals surface area contributed by atoms with Crippen molar-refractivity contribution in [1.82, 2.24) is 0 Å². The van der Waals surface area contributed by atoms with Crippen molar-refractivity contribution in [1.29, 1.82) is 0 Å². The molecule has 0 bridgehead atoms. The van der Waals surface area contributed by atoms with Crippen LogP contribution in [0.4, 0.5) is 5.69 Å². The zero-order chi connectivity index (χ0) is 9.26. The molecule has 1 aromatic carbocycles. The van der Waals surface area contributed by atoms with Gasteiger partial charge in [-0.15, -0.1) is 0 Å². The SMILES string of the molecule is CCOP1Sc2ccccc2N1C. The second-order valence-electron chi connectivity index (χ2n) is 2.74. The van der Waals surface area contributed by atoms with Gasteiger partial charge in [0.15, 0.2) is 0 Å². The third-order valence-corrected chi connectivity index (χ3v) is 5.87. The van der Waals surface area contributed by atoms with Crippen molar-refractivity contribution in [2.45, 2.75) is 11.8 Å². The molecule has 0 spiro atoms. The summed E-state index contributed by atoms with van der Waals surface area (Å²) in [5.74, 6) is 0. The van der Waals surface area contributed by atoms with Gasteiger partial charge >= 0.3 is 0 Å². The van der Waals surface area contributed by atoms with Crippen molar-refractivity contribution in [2.75, 3.05) is 18.3 Å². The number of rotatable bonds is 2. The monoisotopic (exact) mass is 213 g/mol. The van der Waals surface area contributed by atoms with Crippen LogP contribution < -0.4 is 4.67 Å².